The molecule has 0 aliphatic heterocycles. The van der Waals surface area contributed by atoms with Gasteiger partial charge in [0.05, 0.1) is 9.98 Å². The molecule has 0 aromatic rings. The van der Waals surface area contributed by atoms with Gasteiger partial charge in [0.1, 0.15) is 0 Å². The first-order valence-electron chi connectivity index (χ1n) is 3.40. The van der Waals surface area contributed by atoms with E-state index < -0.39 is 0 Å². The molecule has 0 aliphatic rings. The Hall–Kier alpha value is -0.260. The van der Waals surface area contributed by atoms with Gasteiger partial charge in [-0.05, 0) is 0 Å². The van der Waals surface area contributed by atoms with Crippen LogP contribution in [0.2, 0.25) is 0 Å². The average molecular weight is 191 g/mol. The van der Waals surface area contributed by atoms with E-state index in [9.17, 15) is 0 Å². The first-order valence-corrected chi connectivity index (χ1v) is 4.22. The summed E-state index contributed by atoms with van der Waals surface area (Å²) < 4.78 is 0. The molecule has 0 unspecified atom stereocenters. The van der Waals surface area contributed by atoms with Gasteiger partial charge in [0.15, 0.2) is 0 Å². The lowest BCUT2D eigenvalue weighted by atomic mass is 10.4. The molecule has 11 heavy (non-hydrogen) atoms. The molecule has 64 valence electrons. The van der Waals surface area contributed by atoms with Crippen molar-refractivity contribution in [3.05, 3.63) is 0 Å². The lowest BCUT2D eigenvalue weighted by molar-refractivity contribution is 0.717. The molecule has 0 fully saturated rings. The van der Waals surface area contributed by atoms with Crippen LogP contribution in [0, 0.1) is 0 Å². The fourth-order valence-corrected chi connectivity index (χ4v) is 0.752. The average Bonchev–Trinajstić information content (AvgIpc) is 1.85. The van der Waals surface area contributed by atoms with Crippen molar-refractivity contribution in [3.63, 3.8) is 0 Å². The monoisotopic (exact) mass is 191 g/mol. The highest BCUT2D eigenvalue weighted by Gasteiger charge is 1.90. The molecule has 0 bridgehead atoms. The van der Waals surface area contributed by atoms with Crippen LogP contribution in [0.4, 0.5) is 0 Å². The molecule has 0 atom stereocenters. The zero-order chi connectivity index (χ0) is 8.69. The van der Waals surface area contributed by atoms with Gasteiger partial charge in [-0.1, -0.05) is 24.4 Å². The normalized spacial score (nSPS) is 9.45. The standard InChI is InChI=1S/C6H13N3S2/c7-5(10)1-3-9-4-2-6(8)11/h9H,1-4H2,(H2,7,10)(H2,8,11). The van der Waals surface area contributed by atoms with Gasteiger partial charge in [-0.2, -0.15) is 0 Å². The predicted octanol–water partition coefficient (Wildman–Crippen LogP) is -0.0716. The smallest absolute Gasteiger partial charge is 0.0740 e. The molecule has 0 aliphatic carbocycles. The van der Waals surface area contributed by atoms with Crippen molar-refractivity contribution in [1.29, 1.82) is 0 Å². The summed E-state index contributed by atoms with van der Waals surface area (Å²) in [7, 11) is 0. The number of nitrogens with one attached hydrogen (secondary N) is 1. The van der Waals surface area contributed by atoms with E-state index in [0.717, 1.165) is 25.9 Å². The maximum absolute atomic E-state index is 5.28. The van der Waals surface area contributed by atoms with E-state index in [0.29, 0.717) is 9.98 Å². The summed E-state index contributed by atoms with van der Waals surface area (Å²) in [6, 6.07) is 0. The third-order valence-electron chi connectivity index (χ3n) is 1.10. The Bertz CT molecular complexity index is 131. The van der Waals surface area contributed by atoms with Crippen LogP contribution in [0.15, 0.2) is 0 Å². The first kappa shape index (κ1) is 10.7. The Labute approximate surface area is 77.5 Å². The fourth-order valence-electron chi connectivity index (χ4n) is 0.548. The molecule has 3 nitrogen and oxygen atoms in total. The highest BCUT2D eigenvalue weighted by atomic mass is 32.1. The van der Waals surface area contributed by atoms with Crippen molar-refractivity contribution < 1.29 is 0 Å². The highest BCUT2D eigenvalue weighted by molar-refractivity contribution is 7.80. The Morgan fingerprint density at radius 1 is 1.00 bits per heavy atom. The van der Waals surface area contributed by atoms with Gasteiger partial charge in [-0.3, -0.25) is 0 Å². The van der Waals surface area contributed by atoms with Crippen molar-refractivity contribution >= 4 is 34.4 Å². The molecule has 0 saturated carbocycles. The van der Waals surface area contributed by atoms with E-state index in [4.69, 9.17) is 11.5 Å². The maximum Gasteiger partial charge on any atom is 0.0740 e. The number of thiocarbonyl (C=S) groups is 2. The minimum Gasteiger partial charge on any atom is -0.393 e. The summed E-state index contributed by atoms with van der Waals surface area (Å²) >= 11 is 9.37. The number of hydrogen-bond donors (Lipinski definition) is 3. The first-order chi connectivity index (χ1) is 5.13. The Balaban J connectivity index is 3.03. The summed E-state index contributed by atoms with van der Waals surface area (Å²) in [5, 5.41) is 3.11. The summed E-state index contributed by atoms with van der Waals surface area (Å²) in [4.78, 5) is 1.07. The molecule has 0 rings (SSSR count). The summed E-state index contributed by atoms with van der Waals surface area (Å²) in [6.07, 6.45) is 1.46. The van der Waals surface area contributed by atoms with Crippen LogP contribution in [0.5, 0.6) is 0 Å². The van der Waals surface area contributed by atoms with Gasteiger partial charge in [0.25, 0.3) is 0 Å². The van der Waals surface area contributed by atoms with Crippen LogP contribution in [0.1, 0.15) is 12.8 Å². The van der Waals surface area contributed by atoms with Gasteiger partial charge in [-0.15, -0.1) is 0 Å². The number of rotatable bonds is 6. The molecule has 0 heterocycles. The van der Waals surface area contributed by atoms with Crippen molar-refractivity contribution in [3.8, 4) is 0 Å². The summed E-state index contributed by atoms with van der Waals surface area (Å²) in [5.74, 6) is 0. The van der Waals surface area contributed by atoms with Crippen LogP contribution in [-0.4, -0.2) is 23.1 Å². The van der Waals surface area contributed by atoms with Gasteiger partial charge in [0.2, 0.25) is 0 Å². The zero-order valence-electron chi connectivity index (χ0n) is 6.30. The van der Waals surface area contributed by atoms with Crippen LogP contribution in [-0.2, 0) is 0 Å². The Morgan fingerprint density at radius 2 is 1.36 bits per heavy atom. The molecule has 0 aromatic carbocycles. The van der Waals surface area contributed by atoms with Gasteiger partial charge in [0, 0.05) is 25.9 Å². The molecule has 5 N–H and O–H groups in total. The van der Waals surface area contributed by atoms with Crippen molar-refractivity contribution in [2.75, 3.05) is 13.1 Å². The molecule has 0 amide bonds. The molecule has 5 heteroatoms. The van der Waals surface area contributed by atoms with E-state index in [1.54, 1.807) is 0 Å². The minimum absolute atomic E-state index is 0.535. The van der Waals surface area contributed by atoms with Crippen LogP contribution in [0.3, 0.4) is 0 Å². The van der Waals surface area contributed by atoms with E-state index in [1.807, 2.05) is 0 Å². The quantitative estimate of drug-likeness (QED) is 0.405. The predicted molar refractivity (Wildman–Crippen MR) is 55.7 cm³/mol. The lowest BCUT2D eigenvalue weighted by Crippen LogP contribution is -2.24. The third kappa shape index (κ3) is 9.74. The topological polar surface area (TPSA) is 64.1 Å². The second kappa shape index (κ2) is 6.45. The number of nitrogens with two attached hydrogens (primary N) is 2. The maximum atomic E-state index is 5.28. The second-order valence-corrected chi connectivity index (χ2v) is 3.23. The Morgan fingerprint density at radius 3 is 1.64 bits per heavy atom. The van der Waals surface area contributed by atoms with Crippen molar-refractivity contribution in [2.24, 2.45) is 11.5 Å². The fraction of sp³-hybridized carbons (Fsp3) is 0.667. The second-order valence-electron chi connectivity index (χ2n) is 2.18. The van der Waals surface area contributed by atoms with E-state index in [2.05, 4.69) is 29.8 Å². The van der Waals surface area contributed by atoms with Crippen LogP contribution >= 0.6 is 24.4 Å². The molecular formula is C6H13N3S2. The lowest BCUT2D eigenvalue weighted by Gasteiger charge is -2.01. The van der Waals surface area contributed by atoms with E-state index in [1.165, 1.54) is 0 Å². The summed E-state index contributed by atoms with van der Waals surface area (Å²) in [5.41, 5.74) is 10.6. The van der Waals surface area contributed by atoms with Crippen molar-refractivity contribution in [1.82, 2.24) is 5.32 Å². The zero-order valence-corrected chi connectivity index (χ0v) is 7.93. The SMILES string of the molecule is NC(=S)CCNCCC(N)=S. The van der Waals surface area contributed by atoms with E-state index >= 15 is 0 Å². The molecular weight excluding hydrogens is 178 g/mol. The van der Waals surface area contributed by atoms with E-state index in [-0.39, 0.29) is 0 Å². The summed E-state index contributed by atoms with van der Waals surface area (Å²) in [6.45, 7) is 1.61. The van der Waals surface area contributed by atoms with Crippen LogP contribution < -0.4 is 16.8 Å². The van der Waals surface area contributed by atoms with Crippen molar-refractivity contribution in [2.45, 2.75) is 12.8 Å². The van der Waals surface area contributed by atoms with Gasteiger partial charge < -0.3 is 16.8 Å². The molecule has 0 aromatic heterocycles. The minimum atomic E-state index is 0.535. The largest absolute Gasteiger partial charge is 0.393 e. The Kier molecular flexibility index (Phi) is 6.30. The van der Waals surface area contributed by atoms with Crippen LogP contribution in [0.25, 0.3) is 0 Å². The van der Waals surface area contributed by atoms with Gasteiger partial charge >= 0.3 is 0 Å². The molecule has 0 spiro atoms. The third-order valence-corrected chi connectivity index (χ3v) is 1.50. The van der Waals surface area contributed by atoms with Gasteiger partial charge in [-0.25, -0.2) is 0 Å². The highest BCUT2D eigenvalue weighted by Crippen LogP contribution is 1.79. The molecule has 0 radical (unpaired) electrons. The molecule has 0 saturated heterocycles. The number of hydrogen-bond acceptors (Lipinski definition) is 3.